The highest BCUT2D eigenvalue weighted by atomic mass is 35.5. The lowest BCUT2D eigenvalue weighted by Crippen LogP contribution is -2.35. The summed E-state index contributed by atoms with van der Waals surface area (Å²) < 4.78 is 0. The third kappa shape index (κ3) is 4.78. The van der Waals surface area contributed by atoms with Crippen LogP contribution in [0, 0.1) is 0 Å². The molecule has 2 aromatic carbocycles. The van der Waals surface area contributed by atoms with Crippen LogP contribution in [-0.4, -0.2) is 23.5 Å². The number of halogens is 1. The first-order valence-corrected chi connectivity index (χ1v) is 8.05. The summed E-state index contributed by atoms with van der Waals surface area (Å²) in [6.07, 6.45) is 0. The standard InChI is InChI=1S/C17H16ClN3O2S/c1-2-19-16(23)13-5-3-4-6-14(13)20-17(24)21-15(22)11-7-9-12(18)10-8-11/h3-10H,2H2,1H3,(H,19,23)(H2,20,21,22,24). The van der Waals surface area contributed by atoms with Crippen LogP contribution in [0.4, 0.5) is 5.69 Å². The Morgan fingerprint density at radius 2 is 1.71 bits per heavy atom. The van der Waals surface area contributed by atoms with E-state index in [2.05, 4.69) is 16.0 Å². The van der Waals surface area contributed by atoms with Crippen molar-refractivity contribution in [3.05, 3.63) is 64.7 Å². The zero-order valence-corrected chi connectivity index (χ0v) is 14.5. The minimum absolute atomic E-state index is 0.103. The van der Waals surface area contributed by atoms with E-state index in [1.807, 2.05) is 6.92 Å². The molecule has 0 aliphatic rings. The Hall–Kier alpha value is -2.44. The average Bonchev–Trinajstić information content (AvgIpc) is 2.56. The van der Waals surface area contributed by atoms with Crippen molar-refractivity contribution < 1.29 is 9.59 Å². The van der Waals surface area contributed by atoms with Gasteiger partial charge in [-0.05, 0) is 55.5 Å². The number of para-hydroxylation sites is 1. The number of carbonyl (C=O) groups excluding carboxylic acids is 2. The van der Waals surface area contributed by atoms with Crippen molar-refractivity contribution in [2.75, 3.05) is 11.9 Å². The van der Waals surface area contributed by atoms with E-state index in [1.54, 1.807) is 48.5 Å². The SMILES string of the molecule is CCNC(=O)c1ccccc1NC(=S)NC(=O)c1ccc(Cl)cc1. The first-order chi connectivity index (χ1) is 11.5. The number of nitrogens with one attached hydrogen (secondary N) is 3. The maximum atomic E-state index is 12.1. The van der Waals surface area contributed by atoms with E-state index < -0.39 is 0 Å². The minimum Gasteiger partial charge on any atom is -0.352 e. The molecule has 0 aliphatic heterocycles. The maximum Gasteiger partial charge on any atom is 0.257 e. The van der Waals surface area contributed by atoms with Crippen LogP contribution >= 0.6 is 23.8 Å². The first kappa shape index (κ1) is 17.9. The molecule has 0 saturated heterocycles. The van der Waals surface area contributed by atoms with Gasteiger partial charge in [-0.25, -0.2) is 0 Å². The number of carbonyl (C=O) groups is 2. The van der Waals surface area contributed by atoms with Crippen molar-refractivity contribution in [3.63, 3.8) is 0 Å². The van der Waals surface area contributed by atoms with E-state index in [4.69, 9.17) is 23.8 Å². The molecule has 0 aliphatic carbocycles. The number of hydrogen-bond acceptors (Lipinski definition) is 3. The summed E-state index contributed by atoms with van der Waals surface area (Å²) in [7, 11) is 0. The summed E-state index contributed by atoms with van der Waals surface area (Å²) in [4.78, 5) is 24.1. The third-order valence-corrected chi connectivity index (χ3v) is 3.55. The summed E-state index contributed by atoms with van der Waals surface area (Å²) >= 11 is 10.9. The Labute approximate surface area is 150 Å². The van der Waals surface area contributed by atoms with Gasteiger partial charge < -0.3 is 10.6 Å². The smallest absolute Gasteiger partial charge is 0.257 e. The number of rotatable bonds is 4. The molecule has 0 saturated carbocycles. The van der Waals surface area contributed by atoms with Crippen LogP contribution in [0.1, 0.15) is 27.6 Å². The van der Waals surface area contributed by atoms with E-state index in [0.29, 0.717) is 28.4 Å². The molecule has 0 radical (unpaired) electrons. The summed E-state index contributed by atoms with van der Waals surface area (Å²) in [5.74, 6) is -0.577. The largest absolute Gasteiger partial charge is 0.352 e. The van der Waals surface area contributed by atoms with Crippen molar-refractivity contribution in [2.45, 2.75) is 6.92 Å². The Kier molecular flexibility index (Phi) is 6.28. The Morgan fingerprint density at radius 1 is 1.04 bits per heavy atom. The van der Waals surface area contributed by atoms with Gasteiger partial charge in [-0.3, -0.25) is 14.9 Å². The fraction of sp³-hybridized carbons (Fsp3) is 0.118. The molecule has 124 valence electrons. The molecule has 7 heteroatoms. The zero-order valence-electron chi connectivity index (χ0n) is 12.9. The van der Waals surface area contributed by atoms with Crippen LogP contribution in [0.25, 0.3) is 0 Å². The van der Waals surface area contributed by atoms with Gasteiger partial charge in [0, 0.05) is 17.1 Å². The van der Waals surface area contributed by atoms with Crippen LogP contribution in [-0.2, 0) is 0 Å². The van der Waals surface area contributed by atoms with Crippen LogP contribution in [0.15, 0.2) is 48.5 Å². The van der Waals surface area contributed by atoms with Gasteiger partial charge in [-0.15, -0.1) is 0 Å². The fourth-order valence-corrected chi connectivity index (χ4v) is 2.30. The lowest BCUT2D eigenvalue weighted by atomic mass is 10.1. The summed E-state index contributed by atoms with van der Waals surface area (Å²) in [6, 6.07) is 13.4. The molecular weight excluding hydrogens is 346 g/mol. The van der Waals surface area contributed by atoms with E-state index in [1.165, 1.54) is 0 Å². The molecule has 24 heavy (non-hydrogen) atoms. The molecule has 3 N–H and O–H groups in total. The lowest BCUT2D eigenvalue weighted by molar-refractivity contribution is 0.0954. The van der Waals surface area contributed by atoms with E-state index in [9.17, 15) is 9.59 Å². The number of amides is 2. The highest BCUT2D eigenvalue weighted by molar-refractivity contribution is 7.80. The van der Waals surface area contributed by atoms with Crippen molar-refractivity contribution >= 4 is 46.4 Å². The maximum absolute atomic E-state index is 12.1. The van der Waals surface area contributed by atoms with Crippen molar-refractivity contribution in [1.82, 2.24) is 10.6 Å². The summed E-state index contributed by atoms with van der Waals surface area (Å²) in [6.45, 7) is 2.36. The molecule has 0 spiro atoms. The van der Waals surface area contributed by atoms with Gasteiger partial charge in [0.15, 0.2) is 5.11 Å². The molecule has 5 nitrogen and oxygen atoms in total. The van der Waals surface area contributed by atoms with Crippen LogP contribution in [0.5, 0.6) is 0 Å². The van der Waals surface area contributed by atoms with Gasteiger partial charge in [-0.1, -0.05) is 23.7 Å². The van der Waals surface area contributed by atoms with Gasteiger partial charge in [0.25, 0.3) is 11.8 Å². The van der Waals surface area contributed by atoms with Gasteiger partial charge in [0.1, 0.15) is 0 Å². The Morgan fingerprint density at radius 3 is 2.38 bits per heavy atom. The molecule has 0 aromatic heterocycles. The van der Waals surface area contributed by atoms with Gasteiger partial charge in [0.05, 0.1) is 11.3 Å². The van der Waals surface area contributed by atoms with Gasteiger partial charge >= 0.3 is 0 Å². The number of thiocarbonyl (C=S) groups is 1. The second-order valence-corrected chi connectivity index (χ2v) is 5.66. The second kappa shape index (κ2) is 8.42. The fourth-order valence-electron chi connectivity index (χ4n) is 1.98. The highest BCUT2D eigenvalue weighted by Gasteiger charge is 2.12. The average molecular weight is 362 g/mol. The summed E-state index contributed by atoms with van der Waals surface area (Å²) in [5.41, 5.74) is 1.40. The van der Waals surface area contributed by atoms with Crippen LogP contribution in [0.2, 0.25) is 5.02 Å². The van der Waals surface area contributed by atoms with Gasteiger partial charge in [0.2, 0.25) is 0 Å². The van der Waals surface area contributed by atoms with Crippen molar-refractivity contribution in [1.29, 1.82) is 0 Å². The molecule has 2 rings (SSSR count). The van der Waals surface area contributed by atoms with Crippen LogP contribution in [0.3, 0.4) is 0 Å². The molecule has 0 heterocycles. The van der Waals surface area contributed by atoms with E-state index >= 15 is 0 Å². The Balaban J connectivity index is 2.06. The summed E-state index contributed by atoms with van der Waals surface area (Å²) in [5, 5.41) is 8.82. The quantitative estimate of drug-likeness (QED) is 0.731. The second-order valence-electron chi connectivity index (χ2n) is 4.82. The monoisotopic (exact) mass is 361 g/mol. The molecule has 0 atom stereocenters. The van der Waals surface area contributed by atoms with Gasteiger partial charge in [-0.2, -0.15) is 0 Å². The van der Waals surface area contributed by atoms with Crippen LogP contribution < -0.4 is 16.0 Å². The molecule has 2 aromatic rings. The predicted octanol–water partition coefficient (Wildman–Crippen LogP) is 3.22. The third-order valence-electron chi connectivity index (χ3n) is 3.09. The molecule has 0 bridgehead atoms. The van der Waals surface area contributed by atoms with E-state index in [0.717, 1.165) is 0 Å². The topological polar surface area (TPSA) is 70.2 Å². The highest BCUT2D eigenvalue weighted by Crippen LogP contribution is 2.15. The zero-order chi connectivity index (χ0) is 17.5. The number of anilines is 1. The van der Waals surface area contributed by atoms with Crippen molar-refractivity contribution in [2.24, 2.45) is 0 Å². The first-order valence-electron chi connectivity index (χ1n) is 7.26. The number of hydrogen-bond donors (Lipinski definition) is 3. The van der Waals surface area contributed by atoms with E-state index in [-0.39, 0.29) is 16.9 Å². The molecule has 2 amide bonds. The minimum atomic E-state index is -0.361. The molecule has 0 fully saturated rings. The predicted molar refractivity (Wildman–Crippen MR) is 99.6 cm³/mol. The normalized spacial score (nSPS) is 9.92. The van der Waals surface area contributed by atoms with Crippen molar-refractivity contribution in [3.8, 4) is 0 Å². The molecular formula is C17H16ClN3O2S. The number of benzene rings is 2. The molecule has 0 unspecified atom stereocenters. The Bertz CT molecular complexity index is 763. The lowest BCUT2D eigenvalue weighted by Gasteiger charge is -2.13.